The summed E-state index contributed by atoms with van der Waals surface area (Å²) in [5.41, 5.74) is 1.10. The second kappa shape index (κ2) is 6.54. The van der Waals surface area contributed by atoms with Crippen molar-refractivity contribution in [2.45, 2.75) is 39.7 Å². The Kier molecular flexibility index (Phi) is 5.20. The first-order valence-corrected chi connectivity index (χ1v) is 9.90. The van der Waals surface area contributed by atoms with Crippen LogP contribution >= 0.6 is 11.3 Å². The molecule has 1 saturated heterocycles. The zero-order chi connectivity index (χ0) is 14.8. The van der Waals surface area contributed by atoms with E-state index in [9.17, 15) is 8.42 Å². The molecule has 0 aliphatic carbocycles. The first-order valence-electron chi connectivity index (χ1n) is 7.20. The molecule has 0 amide bonds. The summed E-state index contributed by atoms with van der Waals surface area (Å²) in [5, 5.41) is 6.63. The number of aryl methyl sites for hydroxylation is 1. The van der Waals surface area contributed by atoms with E-state index in [1.165, 1.54) is 0 Å². The van der Waals surface area contributed by atoms with E-state index in [4.69, 9.17) is 0 Å². The average Bonchev–Trinajstić information content (AvgIpc) is 2.90. The highest BCUT2D eigenvalue weighted by molar-refractivity contribution is 7.91. The summed E-state index contributed by atoms with van der Waals surface area (Å²) in [6.07, 6.45) is 1.68. The Morgan fingerprint density at radius 3 is 2.75 bits per heavy atom. The fourth-order valence-corrected chi connectivity index (χ4v) is 5.30. The molecule has 2 unspecified atom stereocenters. The molecule has 20 heavy (non-hydrogen) atoms. The lowest BCUT2D eigenvalue weighted by Gasteiger charge is -2.23. The average molecular weight is 316 g/mol. The molecule has 1 aromatic rings. The van der Waals surface area contributed by atoms with Gasteiger partial charge >= 0.3 is 0 Å². The molecule has 0 radical (unpaired) electrons. The van der Waals surface area contributed by atoms with E-state index >= 15 is 0 Å². The third-order valence-electron chi connectivity index (χ3n) is 3.86. The molecule has 1 aliphatic rings. The molecule has 2 rings (SSSR count). The van der Waals surface area contributed by atoms with Crippen molar-refractivity contribution in [3.63, 3.8) is 0 Å². The quantitative estimate of drug-likeness (QED) is 0.872. The minimum absolute atomic E-state index is 0.272. The summed E-state index contributed by atoms with van der Waals surface area (Å²) in [6, 6.07) is 0.424. The van der Waals surface area contributed by atoms with Gasteiger partial charge in [-0.05, 0) is 38.1 Å². The van der Waals surface area contributed by atoms with Crippen molar-refractivity contribution in [3.05, 3.63) is 16.1 Å². The first kappa shape index (κ1) is 15.9. The summed E-state index contributed by atoms with van der Waals surface area (Å²) >= 11 is 1.66. The van der Waals surface area contributed by atoms with Crippen molar-refractivity contribution < 1.29 is 8.42 Å². The van der Waals surface area contributed by atoms with Gasteiger partial charge in [-0.15, -0.1) is 11.3 Å². The normalized spacial score (nSPS) is 23.3. The van der Waals surface area contributed by atoms with Gasteiger partial charge in [0.2, 0.25) is 0 Å². The van der Waals surface area contributed by atoms with Gasteiger partial charge in [-0.25, -0.2) is 13.4 Å². The molecule has 0 spiro atoms. The van der Waals surface area contributed by atoms with Gasteiger partial charge < -0.3 is 5.32 Å². The molecule has 1 fully saturated rings. The van der Waals surface area contributed by atoms with Crippen molar-refractivity contribution in [1.29, 1.82) is 0 Å². The molecular weight excluding hydrogens is 292 g/mol. The Hall–Kier alpha value is -0.460. The Balaban J connectivity index is 2.04. The highest BCUT2D eigenvalue weighted by Crippen LogP contribution is 2.28. The third kappa shape index (κ3) is 4.53. The van der Waals surface area contributed by atoms with Crippen LogP contribution < -0.4 is 5.32 Å². The lowest BCUT2D eigenvalue weighted by Crippen LogP contribution is -2.34. The fraction of sp³-hybridized carbons (Fsp3) is 0.786. The lowest BCUT2D eigenvalue weighted by molar-refractivity contribution is 0.331. The van der Waals surface area contributed by atoms with Crippen LogP contribution in [-0.2, 0) is 16.3 Å². The van der Waals surface area contributed by atoms with E-state index in [1.807, 2.05) is 6.92 Å². The van der Waals surface area contributed by atoms with E-state index in [1.54, 1.807) is 11.3 Å². The summed E-state index contributed by atoms with van der Waals surface area (Å²) in [7, 11) is -2.81. The predicted molar refractivity (Wildman–Crippen MR) is 83.9 cm³/mol. The molecular formula is C14H24N2O2S2. The van der Waals surface area contributed by atoms with E-state index in [0.717, 1.165) is 30.1 Å². The van der Waals surface area contributed by atoms with Crippen LogP contribution in [0, 0.1) is 18.8 Å². The minimum atomic E-state index is -2.81. The highest BCUT2D eigenvalue weighted by Gasteiger charge is 2.33. The number of hydrogen-bond donors (Lipinski definition) is 1. The Labute approximate surface area is 125 Å². The van der Waals surface area contributed by atoms with Gasteiger partial charge in [0.25, 0.3) is 0 Å². The zero-order valence-electron chi connectivity index (χ0n) is 12.4. The van der Waals surface area contributed by atoms with Crippen molar-refractivity contribution in [3.8, 4) is 0 Å². The second-order valence-electron chi connectivity index (χ2n) is 6.05. The van der Waals surface area contributed by atoms with Crippen LogP contribution in [-0.4, -0.2) is 37.5 Å². The van der Waals surface area contributed by atoms with Gasteiger partial charge in [-0.3, -0.25) is 0 Å². The van der Waals surface area contributed by atoms with Gasteiger partial charge in [0.1, 0.15) is 0 Å². The van der Waals surface area contributed by atoms with E-state index in [-0.39, 0.29) is 5.92 Å². The van der Waals surface area contributed by atoms with Gasteiger partial charge in [0.15, 0.2) is 9.84 Å². The van der Waals surface area contributed by atoms with Crippen LogP contribution in [0.3, 0.4) is 0 Å². The van der Waals surface area contributed by atoms with E-state index < -0.39 is 9.84 Å². The third-order valence-corrected chi connectivity index (χ3v) is 6.48. The standard InChI is InChI=1S/C14H24N2O2S2/c1-10(2)15-7-13(6-14-8-19-11(3)16-14)12-4-5-20(17,18)9-12/h8,10,12-13,15H,4-7,9H2,1-3H3. The maximum atomic E-state index is 11.7. The van der Waals surface area contributed by atoms with Crippen molar-refractivity contribution in [2.75, 3.05) is 18.1 Å². The van der Waals surface area contributed by atoms with Crippen molar-refractivity contribution >= 4 is 21.2 Å². The molecule has 0 bridgehead atoms. The van der Waals surface area contributed by atoms with E-state index in [0.29, 0.717) is 23.5 Å². The van der Waals surface area contributed by atoms with E-state index in [2.05, 4.69) is 29.5 Å². The maximum absolute atomic E-state index is 11.7. The lowest BCUT2D eigenvalue weighted by atomic mass is 9.88. The van der Waals surface area contributed by atoms with Gasteiger partial charge in [-0.2, -0.15) is 0 Å². The molecule has 1 aliphatic heterocycles. The molecule has 1 aromatic heterocycles. The number of sulfone groups is 1. The van der Waals surface area contributed by atoms with Crippen LogP contribution in [0.25, 0.3) is 0 Å². The second-order valence-corrected chi connectivity index (χ2v) is 9.34. The predicted octanol–water partition coefficient (Wildman–Crippen LogP) is 2.04. The summed E-state index contributed by atoms with van der Waals surface area (Å²) in [6.45, 7) is 7.12. The summed E-state index contributed by atoms with van der Waals surface area (Å²) in [5.74, 6) is 1.33. The maximum Gasteiger partial charge on any atom is 0.150 e. The molecule has 2 heterocycles. The molecule has 0 aromatic carbocycles. The number of nitrogens with one attached hydrogen (secondary N) is 1. The number of rotatable bonds is 6. The number of hydrogen-bond acceptors (Lipinski definition) is 5. The van der Waals surface area contributed by atoms with Crippen molar-refractivity contribution in [2.24, 2.45) is 11.8 Å². The topological polar surface area (TPSA) is 59.1 Å². The van der Waals surface area contributed by atoms with Crippen LogP contribution in [0.1, 0.15) is 31.0 Å². The monoisotopic (exact) mass is 316 g/mol. The number of aromatic nitrogens is 1. The van der Waals surface area contributed by atoms with Gasteiger partial charge in [0, 0.05) is 11.4 Å². The Bertz CT molecular complexity index is 537. The van der Waals surface area contributed by atoms with Crippen LogP contribution in [0.15, 0.2) is 5.38 Å². The molecule has 4 nitrogen and oxygen atoms in total. The molecule has 114 valence electrons. The first-order chi connectivity index (χ1) is 9.35. The smallest absolute Gasteiger partial charge is 0.150 e. The van der Waals surface area contributed by atoms with Crippen molar-refractivity contribution in [1.82, 2.24) is 10.3 Å². The SMILES string of the molecule is Cc1nc(CC(CNC(C)C)C2CCS(=O)(=O)C2)cs1. The molecule has 2 atom stereocenters. The van der Waals surface area contributed by atoms with Crippen LogP contribution in [0.5, 0.6) is 0 Å². The summed E-state index contributed by atoms with van der Waals surface area (Å²) < 4.78 is 23.4. The number of nitrogens with zero attached hydrogens (tertiary/aromatic N) is 1. The number of thiazole rings is 1. The molecule has 1 N–H and O–H groups in total. The largest absolute Gasteiger partial charge is 0.314 e. The Morgan fingerprint density at radius 1 is 1.50 bits per heavy atom. The molecule has 6 heteroatoms. The minimum Gasteiger partial charge on any atom is -0.314 e. The van der Waals surface area contributed by atoms with Crippen LogP contribution in [0.2, 0.25) is 0 Å². The zero-order valence-corrected chi connectivity index (χ0v) is 14.1. The van der Waals surface area contributed by atoms with Gasteiger partial charge in [0.05, 0.1) is 22.2 Å². The Morgan fingerprint density at radius 2 is 2.25 bits per heavy atom. The molecule has 0 saturated carbocycles. The van der Waals surface area contributed by atoms with Crippen LogP contribution in [0.4, 0.5) is 0 Å². The van der Waals surface area contributed by atoms with Gasteiger partial charge in [-0.1, -0.05) is 13.8 Å². The fourth-order valence-electron chi connectivity index (χ4n) is 2.76. The highest BCUT2D eigenvalue weighted by atomic mass is 32.2. The summed E-state index contributed by atoms with van der Waals surface area (Å²) in [4.78, 5) is 4.53.